The van der Waals surface area contributed by atoms with Gasteiger partial charge in [-0.05, 0) is 12.1 Å². The molecule has 0 fully saturated rings. The molecule has 5 heteroatoms. The van der Waals surface area contributed by atoms with E-state index >= 15 is 0 Å². The fourth-order valence-electron chi connectivity index (χ4n) is 1.13. The van der Waals surface area contributed by atoms with E-state index in [9.17, 15) is 4.79 Å². The number of carbonyl (C=O) groups is 1. The highest BCUT2D eigenvalue weighted by molar-refractivity contribution is 5.70. The fraction of sp³-hybridized carbons (Fsp3) is 0.300. The van der Waals surface area contributed by atoms with Crippen LogP contribution in [0.4, 0.5) is 4.79 Å². The topological polar surface area (TPSA) is 48.0 Å². The van der Waals surface area contributed by atoms with Gasteiger partial charge in [-0.25, -0.2) is 4.79 Å². The number of hydrogen-bond donors (Lipinski definition) is 0. The molecule has 0 N–H and O–H groups in total. The lowest BCUT2D eigenvalue weighted by Gasteiger charge is -2.10. The van der Waals surface area contributed by atoms with Gasteiger partial charge in [0.2, 0.25) is 6.79 Å². The molecule has 2 rings (SSSR count). The third-order valence-corrected chi connectivity index (χ3v) is 1.91. The van der Waals surface area contributed by atoms with E-state index in [2.05, 4.69) is 0 Å². The van der Waals surface area contributed by atoms with Crippen LogP contribution >= 0.6 is 0 Å². The number of fused-ring (bicyclic) bond motifs is 1. The number of ether oxygens (including phenoxy) is 3. The Bertz CT molecular complexity index is 389. The molecule has 1 amide bonds. The minimum Gasteiger partial charge on any atom is -0.454 e. The highest BCUT2D eigenvalue weighted by Crippen LogP contribution is 2.35. The van der Waals surface area contributed by atoms with E-state index in [1.807, 2.05) is 0 Å². The molecule has 80 valence electrons. The summed E-state index contributed by atoms with van der Waals surface area (Å²) in [6, 6.07) is 5.00. The molecule has 0 radical (unpaired) electrons. The molecule has 5 nitrogen and oxygen atoms in total. The van der Waals surface area contributed by atoms with Crippen LogP contribution in [0.3, 0.4) is 0 Å². The van der Waals surface area contributed by atoms with Crippen LogP contribution < -0.4 is 14.2 Å². The summed E-state index contributed by atoms with van der Waals surface area (Å²) >= 11 is 0. The Labute approximate surface area is 87.1 Å². The number of amides is 1. The number of benzene rings is 1. The van der Waals surface area contributed by atoms with Crippen molar-refractivity contribution in [1.82, 2.24) is 4.90 Å². The number of carbonyl (C=O) groups excluding carboxylic acids is 1. The number of nitrogens with zero attached hydrogens (tertiary/aromatic N) is 1. The van der Waals surface area contributed by atoms with Gasteiger partial charge in [0.15, 0.2) is 11.5 Å². The van der Waals surface area contributed by atoms with Crippen molar-refractivity contribution in [3.63, 3.8) is 0 Å². The Kier molecular flexibility index (Phi) is 2.37. The molecule has 0 saturated carbocycles. The van der Waals surface area contributed by atoms with Crippen molar-refractivity contribution >= 4 is 6.09 Å². The molecule has 0 bridgehead atoms. The first-order valence-electron chi connectivity index (χ1n) is 4.45. The van der Waals surface area contributed by atoms with E-state index in [0.29, 0.717) is 17.2 Å². The second kappa shape index (κ2) is 3.68. The summed E-state index contributed by atoms with van der Waals surface area (Å²) in [6.45, 7) is 0.209. The maximum absolute atomic E-state index is 11.2. The Morgan fingerprint density at radius 3 is 2.80 bits per heavy atom. The zero-order valence-electron chi connectivity index (χ0n) is 8.52. The molecular weight excluding hydrogens is 198 g/mol. The first-order valence-corrected chi connectivity index (χ1v) is 4.45. The zero-order chi connectivity index (χ0) is 10.8. The van der Waals surface area contributed by atoms with Crippen LogP contribution in [0.5, 0.6) is 17.2 Å². The summed E-state index contributed by atoms with van der Waals surface area (Å²) in [7, 11) is 3.24. The predicted octanol–water partition coefficient (Wildman–Crippen LogP) is 1.48. The van der Waals surface area contributed by atoms with Gasteiger partial charge in [0, 0.05) is 20.2 Å². The monoisotopic (exact) mass is 209 g/mol. The van der Waals surface area contributed by atoms with Crippen LogP contribution in [0.1, 0.15) is 0 Å². The Balaban J connectivity index is 2.13. The Morgan fingerprint density at radius 1 is 1.33 bits per heavy atom. The van der Waals surface area contributed by atoms with Crippen molar-refractivity contribution in [2.24, 2.45) is 0 Å². The normalized spacial score (nSPS) is 12.4. The van der Waals surface area contributed by atoms with Gasteiger partial charge >= 0.3 is 6.09 Å². The average molecular weight is 209 g/mol. The maximum atomic E-state index is 11.2. The molecule has 15 heavy (non-hydrogen) atoms. The quantitative estimate of drug-likeness (QED) is 0.702. The van der Waals surface area contributed by atoms with Gasteiger partial charge in [-0.3, -0.25) is 0 Å². The van der Waals surface area contributed by atoms with Crippen molar-refractivity contribution in [1.29, 1.82) is 0 Å². The first kappa shape index (κ1) is 9.64. The summed E-state index contributed by atoms with van der Waals surface area (Å²) in [5.74, 6) is 1.71. The first-order chi connectivity index (χ1) is 7.16. The largest absolute Gasteiger partial charge is 0.454 e. The van der Waals surface area contributed by atoms with Crippen molar-refractivity contribution in [2.45, 2.75) is 0 Å². The van der Waals surface area contributed by atoms with Crippen LogP contribution in [0, 0.1) is 0 Å². The maximum Gasteiger partial charge on any atom is 0.414 e. The van der Waals surface area contributed by atoms with Crippen LogP contribution in [0.15, 0.2) is 18.2 Å². The SMILES string of the molecule is CN(C)C(=O)Oc1ccc2c(c1)OCO2. The lowest BCUT2D eigenvalue weighted by Crippen LogP contribution is -2.25. The summed E-state index contributed by atoms with van der Waals surface area (Å²) in [6.07, 6.45) is -0.422. The lowest BCUT2D eigenvalue weighted by atomic mass is 10.3. The van der Waals surface area contributed by atoms with E-state index < -0.39 is 6.09 Å². The number of rotatable bonds is 1. The van der Waals surface area contributed by atoms with E-state index in [1.165, 1.54) is 4.90 Å². The van der Waals surface area contributed by atoms with Gasteiger partial charge in [0.1, 0.15) is 5.75 Å². The van der Waals surface area contributed by atoms with Crippen molar-refractivity contribution in [3.05, 3.63) is 18.2 Å². The molecule has 1 heterocycles. The average Bonchev–Trinajstić information content (AvgIpc) is 2.64. The van der Waals surface area contributed by atoms with Crippen LogP contribution in [0.25, 0.3) is 0 Å². The highest BCUT2D eigenvalue weighted by Gasteiger charge is 2.15. The molecule has 0 spiro atoms. The molecule has 0 saturated heterocycles. The van der Waals surface area contributed by atoms with E-state index in [-0.39, 0.29) is 6.79 Å². The van der Waals surface area contributed by atoms with E-state index in [4.69, 9.17) is 14.2 Å². The lowest BCUT2D eigenvalue weighted by molar-refractivity contribution is 0.170. The van der Waals surface area contributed by atoms with Gasteiger partial charge in [-0.15, -0.1) is 0 Å². The Hall–Kier alpha value is -1.91. The zero-order valence-corrected chi connectivity index (χ0v) is 8.52. The van der Waals surface area contributed by atoms with Gasteiger partial charge < -0.3 is 19.1 Å². The van der Waals surface area contributed by atoms with Crippen LogP contribution in [-0.4, -0.2) is 31.9 Å². The predicted molar refractivity (Wildman–Crippen MR) is 52.3 cm³/mol. The highest BCUT2D eigenvalue weighted by atomic mass is 16.7. The smallest absolute Gasteiger partial charge is 0.414 e. The van der Waals surface area contributed by atoms with E-state index in [1.54, 1.807) is 32.3 Å². The summed E-state index contributed by atoms with van der Waals surface area (Å²) in [5.41, 5.74) is 0. The molecule has 0 unspecified atom stereocenters. The van der Waals surface area contributed by atoms with Gasteiger partial charge in [-0.1, -0.05) is 0 Å². The van der Waals surface area contributed by atoms with Crippen LogP contribution in [-0.2, 0) is 0 Å². The summed E-state index contributed by atoms with van der Waals surface area (Å²) in [5, 5.41) is 0. The third kappa shape index (κ3) is 1.96. The summed E-state index contributed by atoms with van der Waals surface area (Å²) < 4.78 is 15.3. The molecule has 1 aliphatic rings. The van der Waals surface area contributed by atoms with E-state index in [0.717, 1.165) is 0 Å². The van der Waals surface area contributed by atoms with Gasteiger partial charge in [-0.2, -0.15) is 0 Å². The number of hydrogen-bond acceptors (Lipinski definition) is 4. The molecule has 0 atom stereocenters. The molecule has 1 aliphatic heterocycles. The third-order valence-electron chi connectivity index (χ3n) is 1.91. The summed E-state index contributed by atoms with van der Waals surface area (Å²) in [4.78, 5) is 12.6. The molecule has 0 aromatic heterocycles. The van der Waals surface area contributed by atoms with Gasteiger partial charge in [0.25, 0.3) is 0 Å². The Morgan fingerprint density at radius 2 is 2.07 bits per heavy atom. The second-order valence-electron chi connectivity index (χ2n) is 3.28. The molecule has 1 aromatic carbocycles. The second-order valence-corrected chi connectivity index (χ2v) is 3.28. The standard InChI is InChI=1S/C10H11NO4/c1-11(2)10(12)15-7-3-4-8-9(5-7)14-6-13-8/h3-5H,6H2,1-2H3. The van der Waals surface area contributed by atoms with Crippen LogP contribution in [0.2, 0.25) is 0 Å². The molecular formula is C10H11NO4. The molecule has 0 aliphatic carbocycles. The minimum atomic E-state index is -0.422. The fourth-order valence-corrected chi connectivity index (χ4v) is 1.13. The van der Waals surface area contributed by atoms with Crippen molar-refractivity contribution < 1.29 is 19.0 Å². The molecule has 1 aromatic rings. The minimum absolute atomic E-state index is 0.209. The van der Waals surface area contributed by atoms with Crippen molar-refractivity contribution in [3.8, 4) is 17.2 Å². The van der Waals surface area contributed by atoms with Crippen molar-refractivity contribution in [2.75, 3.05) is 20.9 Å². The van der Waals surface area contributed by atoms with Gasteiger partial charge in [0.05, 0.1) is 0 Å².